The summed E-state index contributed by atoms with van der Waals surface area (Å²) < 4.78 is 7.43. The molecule has 3 heterocycles. The minimum atomic E-state index is 0.363. The predicted molar refractivity (Wildman–Crippen MR) is 76.0 cm³/mol. The lowest BCUT2D eigenvalue weighted by Crippen LogP contribution is -2.51. The van der Waals surface area contributed by atoms with Gasteiger partial charge in [0.1, 0.15) is 5.82 Å². The third kappa shape index (κ3) is 2.36. The summed E-state index contributed by atoms with van der Waals surface area (Å²) in [5.74, 6) is 1.02. The molecule has 1 N–H and O–H groups in total. The Morgan fingerprint density at radius 1 is 1.35 bits per heavy atom. The van der Waals surface area contributed by atoms with Crippen molar-refractivity contribution in [2.45, 2.75) is 24.9 Å². The van der Waals surface area contributed by atoms with Crippen LogP contribution in [0.2, 0.25) is 0 Å². The number of ether oxygens (including phenoxy) is 1. The van der Waals surface area contributed by atoms with Crippen LogP contribution in [0.1, 0.15) is 12.8 Å². The molecule has 1 saturated heterocycles. The first-order valence-electron chi connectivity index (χ1n) is 7.28. The van der Waals surface area contributed by atoms with Gasteiger partial charge < -0.3 is 15.0 Å². The molecule has 106 valence electrons. The minimum Gasteiger partial charge on any atom is -0.377 e. The number of hydrogen-bond donors (Lipinski definition) is 1. The van der Waals surface area contributed by atoms with Crippen LogP contribution < -0.4 is 10.2 Å². The molecule has 1 aliphatic heterocycles. The highest BCUT2D eigenvalue weighted by atomic mass is 16.5. The summed E-state index contributed by atoms with van der Waals surface area (Å²) in [6.07, 6.45) is 6.37. The van der Waals surface area contributed by atoms with Crippen molar-refractivity contribution in [3.8, 4) is 0 Å². The van der Waals surface area contributed by atoms with Gasteiger partial charge in [-0.1, -0.05) is 0 Å². The van der Waals surface area contributed by atoms with Gasteiger partial charge in [-0.3, -0.25) is 0 Å². The number of anilines is 1. The molecule has 4 rings (SSSR count). The minimum absolute atomic E-state index is 0.363. The summed E-state index contributed by atoms with van der Waals surface area (Å²) >= 11 is 0. The number of fused-ring (bicyclic) bond motifs is 1. The van der Waals surface area contributed by atoms with Crippen LogP contribution in [0.4, 0.5) is 5.82 Å². The van der Waals surface area contributed by atoms with Crippen molar-refractivity contribution < 1.29 is 4.74 Å². The van der Waals surface area contributed by atoms with E-state index in [1.165, 1.54) is 12.8 Å². The SMILES string of the molecule is c1cc2nc(N3CCOCC3CNC3CC3)ccn2n1. The van der Waals surface area contributed by atoms with E-state index in [0.717, 1.165) is 43.8 Å². The maximum Gasteiger partial charge on any atom is 0.157 e. The number of nitrogens with zero attached hydrogens (tertiary/aromatic N) is 4. The monoisotopic (exact) mass is 273 g/mol. The first-order valence-corrected chi connectivity index (χ1v) is 7.28. The van der Waals surface area contributed by atoms with Crippen molar-refractivity contribution in [1.29, 1.82) is 0 Å². The Labute approximate surface area is 117 Å². The number of rotatable bonds is 4. The van der Waals surface area contributed by atoms with Crippen molar-refractivity contribution in [2.75, 3.05) is 31.2 Å². The largest absolute Gasteiger partial charge is 0.377 e. The smallest absolute Gasteiger partial charge is 0.157 e. The van der Waals surface area contributed by atoms with Gasteiger partial charge >= 0.3 is 0 Å². The first-order chi connectivity index (χ1) is 9.90. The summed E-state index contributed by atoms with van der Waals surface area (Å²) in [4.78, 5) is 7.05. The van der Waals surface area contributed by atoms with Gasteiger partial charge in [-0.25, -0.2) is 9.50 Å². The lowest BCUT2D eigenvalue weighted by Gasteiger charge is -2.36. The number of morpholine rings is 1. The third-order valence-electron chi connectivity index (χ3n) is 3.98. The molecule has 20 heavy (non-hydrogen) atoms. The topological polar surface area (TPSA) is 54.7 Å². The van der Waals surface area contributed by atoms with E-state index in [4.69, 9.17) is 9.72 Å². The molecular formula is C14H19N5O. The molecule has 2 aliphatic rings. The molecule has 0 amide bonds. The zero-order valence-corrected chi connectivity index (χ0v) is 11.4. The van der Waals surface area contributed by atoms with Crippen molar-refractivity contribution in [3.05, 3.63) is 24.5 Å². The molecule has 6 heteroatoms. The Hall–Kier alpha value is -1.66. The first kappa shape index (κ1) is 12.1. The van der Waals surface area contributed by atoms with Gasteiger partial charge in [0.2, 0.25) is 0 Å². The molecular weight excluding hydrogens is 254 g/mol. The summed E-state index contributed by atoms with van der Waals surface area (Å²) in [5, 5.41) is 7.78. The van der Waals surface area contributed by atoms with E-state index >= 15 is 0 Å². The fourth-order valence-corrected chi connectivity index (χ4v) is 2.68. The maximum absolute atomic E-state index is 5.63. The van der Waals surface area contributed by atoms with Crippen LogP contribution in [-0.4, -0.2) is 53.0 Å². The van der Waals surface area contributed by atoms with Crippen molar-refractivity contribution >= 4 is 11.5 Å². The Bertz CT molecular complexity index is 594. The second kappa shape index (κ2) is 5.03. The van der Waals surface area contributed by atoms with Gasteiger partial charge in [0.25, 0.3) is 0 Å². The van der Waals surface area contributed by atoms with Crippen LogP contribution in [0, 0.1) is 0 Å². The van der Waals surface area contributed by atoms with Crippen molar-refractivity contribution in [2.24, 2.45) is 0 Å². The second-order valence-electron chi connectivity index (χ2n) is 5.52. The van der Waals surface area contributed by atoms with Crippen LogP contribution in [-0.2, 0) is 4.74 Å². The van der Waals surface area contributed by atoms with Gasteiger partial charge in [-0.15, -0.1) is 0 Å². The lowest BCUT2D eigenvalue weighted by atomic mass is 10.2. The molecule has 1 saturated carbocycles. The fourth-order valence-electron chi connectivity index (χ4n) is 2.68. The molecule has 6 nitrogen and oxygen atoms in total. The second-order valence-corrected chi connectivity index (χ2v) is 5.52. The average molecular weight is 273 g/mol. The van der Waals surface area contributed by atoms with Gasteiger partial charge in [-0.05, 0) is 18.9 Å². The highest BCUT2D eigenvalue weighted by Crippen LogP contribution is 2.21. The Morgan fingerprint density at radius 2 is 2.30 bits per heavy atom. The Morgan fingerprint density at radius 3 is 3.20 bits per heavy atom. The third-order valence-corrected chi connectivity index (χ3v) is 3.98. The normalized spacial score (nSPS) is 23.4. The van der Waals surface area contributed by atoms with Gasteiger partial charge in [0.15, 0.2) is 5.65 Å². The van der Waals surface area contributed by atoms with E-state index in [0.29, 0.717) is 6.04 Å². The molecule has 0 bridgehead atoms. The van der Waals surface area contributed by atoms with Crippen LogP contribution in [0.3, 0.4) is 0 Å². The Kier molecular flexibility index (Phi) is 3.05. The molecule has 0 spiro atoms. The van der Waals surface area contributed by atoms with E-state index in [2.05, 4.69) is 15.3 Å². The fraction of sp³-hybridized carbons (Fsp3) is 0.571. The quantitative estimate of drug-likeness (QED) is 0.888. The van der Waals surface area contributed by atoms with Crippen LogP contribution in [0.15, 0.2) is 24.5 Å². The van der Waals surface area contributed by atoms with Crippen molar-refractivity contribution in [1.82, 2.24) is 19.9 Å². The highest BCUT2D eigenvalue weighted by Gasteiger charge is 2.27. The zero-order valence-electron chi connectivity index (χ0n) is 11.4. The zero-order chi connectivity index (χ0) is 13.4. The van der Waals surface area contributed by atoms with Crippen molar-refractivity contribution in [3.63, 3.8) is 0 Å². The molecule has 2 aromatic heterocycles. The molecule has 2 fully saturated rings. The number of aromatic nitrogens is 3. The molecule has 0 radical (unpaired) electrons. The highest BCUT2D eigenvalue weighted by molar-refractivity contribution is 5.48. The molecule has 1 aliphatic carbocycles. The van der Waals surface area contributed by atoms with E-state index in [1.54, 1.807) is 10.7 Å². The Balaban J connectivity index is 1.55. The van der Waals surface area contributed by atoms with Crippen LogP contribution in [0.25, 0.3) is 5.65 Å². The van der Waals surface area contributed by atoms with Gasteiger partial charge in [0, 0.05) is 31.4 Å². The molecule has 1 unspecified atom stereocenters. The van der Waals surface area contributed by atoms with E-state index < -0.39 is 0 Å². The lowest BCUT2D eigenvalue weighted by molar-refractivity contribution is 0.0932. The van der Waals surface area contributed by atoms with Crippen LogP contribution in [0.5, 0.6) is 0 Å². The van der Waals surface area contributed by atoms with E-state index in [1.807, 2.05) is 18.3 Å². The summed E-state index contributed by atoms with van der Waals surface area (Å²) in [6.45, 7) is 3.41. The van der Waals surface area contributed by atoms with Gasteiger partial charge in [0.05, 0.1) is 25.5 Å². The summed E-state index contributed by atoms with van der Waals surface area (Å²) in [7, 11) is 0. The molecule has 2 aromatic rings. The number of nitrogens with one attached hydrogen (secondary N) is 1. The standard InChI is InChI=1S/C14H19N5O/c1-2-11(1)15-9-12-10-20-8-7-18(12)13-4-6-19-14(17-13)3-5-16-19/h3-6,11-12,15H,1-2,7-10H2. The predicted octanol–water partition coefficient (Wildman–Crippen LogP) is 0.686. The molecule has 0 aromatic carbocycles. The van der Waals surface area contributed by atoms with Gasteiger partial charge in [-0.2, -0.15) is 5.10 Å². The summed E-state index contributed by atoms with van der Waals surface area (Å²) in [6, 6.07) is 5.06. The van der Waals surface area contributed by atoms with E-state index in [9.17, 15) is 0 Å². The average Bonchev–Trinajstić information content (AvgIpc) is 3.20. The summed E-state index contributed by atoms with van der Waals surface area (Å²) in [5.41, 5.74) is 0.892. The maximum atomic E-state index is 5.63. The molecule has 1 atom stereocenters. The number of hydrogen-bond acceptors (Lipinski definition) is 5. The van der Waals surface area contributed by atoms with E-state index in [-0.39, 0.29) is 0 Å². The van der Waals surface area contributed by atoms with Crippen LogP contribution >= 0.6 is 0 Å².